The molecule has 1 atom stereocenters. The minimum atomic E-state index is -0.422. The summed E-state index contributed by atoms with van der Waals surface area (Å²) in [5, 5.41) is 0. The second kappa shape index (κ2) is 17.5. The summed E-state index contributed by atoms with van der Waals surface area (Å²) in [6.45, 7) is 11.7. The van der Waals surface area contributed by atoms with Crippen molar-refractivity contribution in [2.24, 2.45) is 0 Å². The minimum absolute atomic E-state index is 0.0718. The molecule has 4 aromatic carbocycles. The van der Waals surface area contributed by atoms with Crippen molar-refractivity contribution >= 4 is 5.97 Å². The van der Waals surface area contributed by atoms with Crippen LogP contribution in [0, 0.1) is 0 Å². The van der Waals surface area contributed by atoms with Crippen LogP contribution in [0.3, 0.4) is 0 Å². The number of ether oxygens (including phenoxy) is 7. The second-order valence-electron chi connectivity index (χ2n) is 11.2. The molecule has 0 saturated heterocycles. The Kier molecular flexibility index (Phi) is 12.4. The van der Waals surface area contributed by atoms with Crippen LogP contribution >= 0.6 is 0 Å². The molecule has 0 aliphatic heterocycles. The van der Waals surface area contributed by atoms with Crippen LogP contribution in [-0.4, -0.2) is 39.2 Å². The van der Waals surface area contributed by atoms with E-state index in [-0.39, 0.29) is 12.7 Å². The highest BCUT2D eigenvalue weighted by molar-refractivity contribution is 5.91. The maximum Gasteiger partial charge on any atom is 0.343 e. The lowest BCUT2D eigenvalue weighted by atomic mass is 9.99. The predicted octanol–water partition coefficient (Wildman–Crippen LogP) is 9.09. The summed E-state index contributed by atoms with van der Waals surface area (Å²) in [6, 6.07) is 26.3. The number of unbranched alkanes of at least 4 members (excludes halogenated alkanes) is 2. The van der Waals surface area contributed by atoms with E-state index in [1.54, 1.807) is 24.3 Å². The Morgan fingerprint density at radius 3 is 1.58 bits per heavy atom. The van der Waals surface area contributed by atoms with Gasteiger partial charge in [-0.15, -0.1) is 0 Å². The fourth-order valence-corrected chi connectivity index (χ4v) is 5.38. The van der Waals surface area contributed by atoms with Gasteiger partial charge >= 0.3 is 5.97 Å². The lowest BCUT2D eigenvalue weighted by Crippen LogP contribution is -2.09. The summed E-state index contributed by atoms with van der Waals surface area (Å²) in [5.41, 5.74) is 4.94. The molecule has 5 rings (SSSR count). The number of carbonyl (C=O) groups excluding carboxylic acids is 1. The van der Waals surface area contributed by atoms with Crippen LogP contribution in [0.1, 0.15) is 60.0 Å². The summed E-state index contributed by atoms with van der Waals surface area (Å²) < 4.78 is 39.2. The Balaban J connectivity index is 1.09. The Morgan fingerprint density at radius 1 is 0.583 bits per heavy atom. The number of benzene rings is 4. The Hall–Kier alpha value is -5.37. The molecule has 1 aliphatic rings. The number of fused-ring (bicyclic) bond motifs is 3. The number of esters is 1. The predicted molar refractivity (Wildman–Crippen MR) is 185 cm³/mol. The Morgan fingerprint density at radius 2 is 1.02 bits per heavy atom. The highest BCUT2D eigenvalue weighted by Gasteiger charge is 2.27. The average molecular weight is 651 g/mol. The fourth-order valence-electron chi connectivity index (χ4n) is 5.38. The summed E-state index contributed by atoms with van der Waals surface area (Å²) in [7, 11) is 0. The van der Waals surface area contributed by atoms with E-state index in [1.165, 1.54) is 12.5 Å². The van der Waals surface area contributed by atoms with E-state index in [9.17, 15) is 4.79 Å². The van der Waals surface area contributed by atoms with E-state index in [0.717, 1.165) is 59.4 Å². The zero-order chi connectivity index (χ0) is 33.6. The average Bonchev–Trinajstić information content (AvgIpc) is 3.38. The Bertz CT molecular complexity index is 1650. The van der Waals surface area contributed by atoms with Crippen molar-refractivity contribution in [3.63, 3.8) is 0 Å². The molecule has 0 fully saturated rings. The number of hydrogen-bond donors (Lipinski definition) is 0. The molecule has 0 saturated carbocycles. The van der Waals surface area contributed by atoms with Crippen molar-refractivity contribution in [2.75, 3.05) is 33.2 Å². The minimum Gasteiger partial charge on any atom is -0.502 e. The molecular formula is C40H42O8. The molecule has 8 nitrogen and oxygen atoms in total. The van der Waals surface area contributed by atoms with Gasteiger partial charge in [0.25, 0.3) is 0 Å². The third kappa shape index (κ3) is 9.35. The maximum atomic E-state index is 12.9. The van der Waals surface area contributed by atoms with Crippen molar-refractivity contribution < 1.29 is 38.0 Å². The van der Waals surface area contributed by atoms with E-state index in [2.05, 4.69) is 26.1 Å². The molecule has 0 aromatic heterocycles. The number of hydrogen-bond acceptors (Lipinski definition) is 8. The Labute approximate surface area is 282 Å². The summed E-state index contributed by atoms with van der Waals surface area (Å²) in [6.07, 6.45) is 6.45. The van der Waals surface area contributed by atoms with Crippen LogP contribution in [0.25, 0.3) is 11.1 Å². The zero-order valence-corrected chi connectivity index (χ0v) is 27.4. The smallest absolute Gasteiger partial charge is 0.343 e. The third-order valence-corrected chi connectivity index (χ3v) is 7.93. The first-order chi connectivity index (χ1) is 23.6. The lowest BCUT2D eigenvalue weighted by Gasteiger charge is -2.12. The van der Waals surface area contributed by atoms with Crippen molar-refractivity contribution in [1.82, 2.24) is 0 Å². The molecule has 0 N–H and O–H groups in total. The van der Waals surface area contributed by atoms with Gasteiger partial charge in [-0.1, -0.05) is 32.2 Å². The zero-order valence-electron chi connectivity index (χ0n) is 27.4. The van der Waals surface area contributed by atoms with Gasteiger partial charge < -0.3 is 33.2 Å². The summed E-state index contributed by atoms with van der Waals surface area (Å²) >= 11 is 0. The van der Waals surface area contributed by atoms with Crippen LogP contribution < -0.4 is 23.7 Å². The van der Waals surface area contributed by atoms with Crippen molar-refractivity contribution in [1.29, 1.82) is 0 Å². The first kappa shape index (κ1) is 34.0. The topological polar surface area (TPSA) is 81.7 Å². The molecular weight excluding hydrogens is 608 g/mol. The first-order valence-electron chi connectivity index (χ1n) is 16.2. The monoisotopic (exact) mass is 650 g/mol. The highest BCUT2D eigenvalue weighted by atomic mass is 16.7. The number of carbonyl (C=O) groups is 1. The van der Waals surface area contributed by atoms with Crippen LogP contribution in [0.4, 0.5) is 0 Å². The van der Waals surface area contributed by atoms with Gasteiger partial charge in [0.1, 0.15) is 28.7 Å². The highest BCUT2D eigenvalue weighted by Crippen LogP contribution is 2.47. The molecule has 8 heteroatoms. The fraction of sp³-hybridized carbons (Fsp3) is 0.275. The van der Waals surface area contributed by atoms with Gasteiger partial charge in [0, 0.05) is 5.92 Å². The van der Waals surface area contributed by atoms with Gasteiger partial charge in [0.2, 0.25) is 6.79 Å². The molecule has 4 aromatic rings. The molecule has 48 heavy (non-hydrogen) atoms. The van der Waals surface area contributed by atoms with E-state index in [0.29, 0.717) is 49.2 Å². The van der Waals surface area contributed by atoms with Crippen LogP contribution in [0.5, 0.6) is 28.7 Å². The normalized spacial score (nSPS) is 12.6. The SMILES string of the molecule is C=COCCCCOc1ccc(OCOc2ccc3c(c2)C(C)c2cc(OC(=O)c4ccc(OCCCCOC=C)cc4)ccc2-3)cc1. The standard InChI is InChI=1S/C40H42O8/c1-4-42-22-6-8-24-44-31-12-10-30(11-13-31)40(41)48-35-19-21-37-36-20-18-34(26-38(36)29(3)39(37)27-35)47-28-46-33-16-14-32(15-17-33)45-25-9-7-23-43-5-2/h4-5,10-21,26-27,29H,1-2,6-9,22-25,28H2,3H3. The van der Waals surface area contributed by atoms with Crippen molar-refractivity contribution in [3.8, 4) is 39.9 Å². The quantitative estimate of drug-likeness (QED) is 0.0308. The van der Waals surface area contributed by atoms with Crippen LogP contribution in [0.15, 0.2) is 111 Å². The van der Waals surface area contributed by atoms with Gasteiger partial charge in [0.05, 0.1) is 44.5 Å². The van der Waals surface area contributed by atoms with Gasteiger partial charge in [0.15, 0.2) is 0 Å². The summed E-state index contributed by atoms with van der Waals surface area (Å²) in [4.78, 5) is 12.9. The van der Waals surface area contributed by atoms with Gasteiger partial charge in [-0.25, -0.2) is 4.79 Å². The van der Waals surface area contributed by atoms with Crippen molar-refractivity contribution in [3.05, 3.63) is 127 Å². The van der Waals surface area contributed by atoms with Crippen LogP contribution in [0.2, 0.25) is 0 Å². The molecule has 1 aliphatic carbocycles. The molecule has 0 spiro atoms. The number of rotatable bonds is 20. The van der Waals surface area contributed by atoms with E-state index >= 15 is 0 Å². The molecule has 0 heterocycles. The lowest BCUT2D eigenvalue weighted by molar-refractivity contribution is 0.0734. The first-order valence-corrected chi connectivity index (χ1v) is 16.2. The van der Waals surface area contributed by atoms with E-state index < -0.39 is 5.97 Å². The van der Waals surface area contributed by atoms with Gasteiger partial charge in [-0.05, 0) is 121 Å². The van der Waals surface area contributed by atoms with Crippen molar-refractivity contribution in [2.45, 2.75) is 38.5 Å². The molecule has 1 unspecified atom stereocenters. The molecule has 0 bridgehead atoms. The second-order valence-corrected chi connectivity index (χ2v) is 11.2. The largest absolute Gasteiger partial charge is 0.502 e. The van der Waals surface area contributed by atoms with E-state index in [4.69, 9.17) is 33.2 Å². The van der Waals surface area contributed by atoms with Crippen LogP contribution in [-0.2, 0) is 9.47 Å². The molecule has 250 valence electrons. The summed E-state index contributed by atoms with van der Waals surface area (Å²) in [5.74, 6) is 3.07. The van der Waals surface area contributed by atoms with Gasteiger partial charge in [-0.3, -0.25) is 0 Å². The van der Waals surface area contributed by atoms with Gasteiger partial charge in [-0.2, -0.15) is 0 Å². The van der Waals surface area contributed by atoms with E-state index in [1.807, 2.05) is 54.6 Å². The maximum absolute atomic E-state index is 12.9. The molecule has 0 radical (unpaired) electrons. The molecule has 0 amide bonds. The third-order valence-electron chi connectivity index (χ3n) is 7.93.